The van der Waals surface area contributed by atoms with Crippen LogP contribution in [0.4, 0.5) is 4.79 Å². The molecule has 126 valence electrons. The fourth-order valence-electron chi connectivity index (χ4n) is 2.85. The van der Waals surface area contributed by atoms with E-state index in [-0.39, 0.29) is 0 Å². The smallest absolute Gasteiger partial charge is 0.407 e. The Morgan fingerprint density at radius 2 is 1.83 bits per heavy atom. The van der Waals surface area contributed by atoms with Crippen molar-refractivity contribution in [2.75, 3.05) is 6.54 Å². The Bertz CT molecular complexity index is 893. The van der Waals surface area contributed by atoms with Crippen molar-refractivity contribution in [1.29, 1.82) is 0 Å². The highest BCUT2D eigenvalue weighted by Crippen LogP contribution is 2.30. The molecule has 0 bridgehead atoms. The van der Waals surface area contributed by atoms with Gasteiger partial charge >= 0.3 is 6.09 Å². The normalized spacial score (nSPS) is 11.8. The average Bonchev–Trinajstić information content (AvgIpc) is 2.79. The number of amides is 1. The van der Waals surface area contributed by atoms with Gasteiger partial charge in [0, 0.05) is 39.9 Å². The van der Waals surface area contributed by atoms with Crippen molar-refractivity contribution in [1.82, 2.24) is 9.88 Å². The van der Waals surface area contributed by atoms with Gasteiger partial charge in [0.25, 0.3) is 0 Å². The van der Waals surface area contributed by atoms with E-state index in [4.69, 9.17) is 16.3 Å². The standard InChI is InChI=1S/C19H21ClN2O2/c1-19(2,3)24-18(23)21-10-11-22-16-7-5-4-6-14(16)15-12-13(20)8-9-17(15)22/h4-9,12H,10-11H2,1-3H3,(H,21,23). The van der Waals surface area contributed by atoms with Crippen LogP contribution in [0.3, 0.4) is 0 Å². The minimum Gasteiger partial charge on any atom is -0.444 e. The first-order valence-electron chi connectivity index (χ1n) is 7.98. The first kappa shape index (κ1) is 16.7. The number of benzene rings is 2. The van der Waals surface area contributed by atoms with E-state index in [1.165, 1.54) is 0 Å². The van der Waals surface area contributed by atoms with E-state index in [1.54, 1.807) is 0 Å². The number of halogens is 1. The highest BCUT2D eigenvalue weighted by atomic mass is 35.5. The number of aromatic nitrogens is 1. The van der Waals surface area contributed by atoms with Crippen LogP contribution in [-0.2, 0) is 11.3 Å². The van der Waals surface area contributed by atoms with Gasteiger partial charge in [-0.3, -0.25) is 0 Å². The number of nitrogens with one attached hydrogen (secondary N) is 1. The number of para-hydroxylation sites is 1. The van der Waals surface area contributed by atoms with Gasteiger partial charge in [0.2, 0.25) is 0 Å². The number of hydrogen-bond donors (Lipinski definition) is 1. The van der Waals surface area contributed by atoms with E-state index in [1.807, 2.05) is 51.1 Å². The summed E-state index contributed by atoms with van der Waals surface area (Å²) in [5.41, 5.74) is 1.74. The number of hydrogen-bond acceptors (Lipinski definition) is 2. The van der Waals surface area contributed by atoms with Crippen LogP contribution < -0.4 is 5.32 Å². The molecule has 1 N–H and O–H groups in total. The van der Waals surface area contributed by atoms with Crippen molar-refractivity contribution in [2.24, 2.45) is 0 Å². The van der Waals surface area contributed by atoms with E-state index < -0.39 is 11.7 Å². The molecule has 0 atom stereocenters. The van der Waals surface area contributed by atoms with Gasteiger partial charge in [-0.25, -0.2) is 4.79 Å². The molecule has 24 heavy (non-hydrogen) atoms. The fraction of sp³-hybridized carbons (Fsp3) is 0.316. The highest BCUT2D eigenvalue weighted by Gasteiger charge is 2.16. The summed E-state index contributed by atoms with van der Waals surface area (Å²) in [6.45, 7) is 6.70. The molecular weight excluding hydrogens is 324 g/mol. The van der Waals surface area contributed by atoms with Gasteiger partial charge < -0.3 is 14.6 Å². The summed E-state index contributed by atoms with van der Waals surface area (Å²) >= 11 is 6.15. The van der Waals surface area contributed by atoms with Gasteiger partial charge in [-0.1, -0.05) is 29.8 Å². The van der Waals surface area contributed by atoms with E-state index in [2.05, 4.69) is 22.0 Å². The molecule has 0 aliphatic carbocycles. The Hall–Kier alpha value is -2.20. The monoisotopic (exact) mass is 344 g/mol. The minimum absolute atomic E-state index is 0.397. The molecule has 3 rings (SSSR count). The van der Waals surface area contributed by atoms with E-state index in [9.17, 15) is 4.79 Å². The van der Waals surface area contributed by atoms with Crippen molar-refractivity contribution >= 4 is 39.5 Å². The Morgan fingerprint density at radius 3 is 2.58 bits per heavy atom. The lowest BCUT2D eigenvalue weighted by molar-refractivity contribution is 0.0526. The molecule has 0 aliphatic rings. The molecule has 1 amide bonds. The maximum atomic E-state index is 11.8. The molecule has 1 aromatic heterocycles. The third-order valence-electron chi connectivity index (χ3n) is 3.74. The van der Waals surface area contributed by atoms with Crippen molar-refractivity contribution in [3.8, 4) is 0 Å². The first-order chi connectivity index (χ1) is 11.3. The van der Waals surface area contributed by atoms with Crippen LogP contribution in [0.2, 0.25) is 5.02 Å². The van der Waals surface area contributed by atoms with Gasteiger partial charge in [-0.05, 0) is 45.0 Å². The number of alkyl carbamates (subject to hydrolysis) is 1. The molecule has 4 nitrogen and oxygen atoms in total. The molecule has 5 heteroatoms. The molecule has 0 saturated heterocycles. The lowest BCUT2D eigenvalue weighted by Crippen LogP contribution is -2.34. The Kier molecular flexibility index (Phi) is 4.41. The molecule has 3 aromatic rings. The molecule has 0 saturated carbocycles. The summed E-state index contributed by atoms with van der Waals surface area (Å²) in [4.78, 5) is 11.8. The summed E-state index contributed by atoms with van der Waals surface area (Å²) in [7, 11) is 0. The molecule has 0 fully saturated rings. The third kappa shape index (κ3) is 3.49. The van der Waals surface area contributed by atoms with Crippen molar-refractivity contribution < 1.29 is 9.53 Å². The summed E-state index contributed by atoms with van der Waals surface area (Å²) < 4.78 is 7.46. The number of carbonyl (C=O) groups excluding carboxylic acids is 1. The topological polar surface area (TPSA) is 43.3 Å². The van der Waals surface area contributed by atoms with Crippen LogP contribution >= 0.6 is 11.6 Å². The summed E-state index contributed by atoms with van der Waals surface area (Å²) in [5, 5.41) is 5.81. The van der Waals surface area contributed by atoms with Crippen molar-refractivity contribution in [2.45, 2.75) is 32.9 Å². The molecule has 0 unspecified atom stereocenters. The van der Waals surface area contributed by atoms with Gasteiger partial charge in [-0.15, -0.1) is 0 Å². The van der Waals surface area contributed by atoms with Gasteiger partial charge in [-0.2, -0.15) is 0 Å². The van der Waals surface area contributed by atoms with Gasteiger partial charge in [0.1, 0.15) is 5.60 Å². The number of fused-ring (bicyclic) bond motifs is 3. The van der Waals surface area contributed by atoms with E-state index in [0.29, 0.717) is 13.1 Å². The lowest BCUT2D eigenvalue weighted by atomic mass is 10.2. The Balaban J connectivity index is 1.85. The molecular formula is C19H21ClN2O2. The zero-order valence-electron chi connectivity index (χ0n) is 14.1. The summed E-state index contributed by atoms with van der Waals surface area (Å²) in [6, 6.07) is 14.1. The number of nitrogens with zero attached hydrogens (tertiary/aromatic N) is 1. The molecule has 1 heterocycles. The quantitative estimate of drug-likeness (QED) is 0.728. The largest absolute Gasteiger partial charge is 0.444 e. The van der Waals surface area contributed by atoms with Gasteiger partial charge in [0.05, 0.1) is 0 Å². The average molecular weight is 345 g/mol. The van der Waals surface area contributed by atoms with Crippen LogP contribution in [0.25, 0.3) is 21.8 Å². The number of rotatable bonds is 3. The van der Waals surface area contributed by atoms with E-state index >= 15 is 0 Å². The molecule has 0 radical (unpaired) electrons. The highest BCUT2D eigenvalue weighted by molar-refractivity contribution is 6.31. The minimum atomic E-state index is -0.492. The third-order valence-corrected chi connectivity index (χ3v) is 3.97. The van der Waals surface area contributed by atoms with Crippen molar-refractivity contribution in [3.63, 3.8) is 0 Å². The second-order valence-electron chi connectivity index (χ2n) is 6.76. The predicted molar refractivity (Wildman–Crippen MR) is 98.7 cm³/mol. The molecule has 2 aromatic carbocycles. The number of ether oxygens (including phenoxy) is 1. The summed E-state index contributed by atoms with van der Waals surface area (Å²) in [5.74, 6) is 0. The number of carbonyl (C=O) groups is 1. The van der Waals surface area contributed by atoms with Crippen LogP contribution in [0.5, 0.6) is 0 Å². The zero-order chi connectivity index (χ0) is 17.3. The Labute approximate surface area is 146 Å². The maximum absolute atomic E-state index is 11.8. The SMILES string of the molecule is CC(C)(C)OC(=O)NCCn1c2ccccc2c2cc(Cl)ccc21. The first-order valence-corrected chi connectivity index (χ1v) is 8.36. The van der Waals surface area contributed by atoms with Crippen LogP contribution in [0, 0.1) is 0 Å². The Morgan fingerprint density at radius 1 is 1.12 bits per heavy atom. The second-order valence-corrected chi connectivity index (χ2v) is 7.20. The predicted octanol–water partition coefficient (Wildman–Crippen LogP) is 4.97. The zero-order valence-corrected chi connectivity index (χ0v) is 14.9. The lowest BCUT2D eigenvalue weighted by Gasteiger charge is -2.19. The molecule has 0 spiro atoms. The second kappa shape index (κ2) is 6.36. The fourth-order valence-corrected chi connectivity index (χ4v) is 3.02. The van der Waals surface area contributed by atoms with Crippen LogP contribution in [0.1, 0.15) is 20.8 Å². The van der Waals surface area contributed by atoms with E-state index in [0.717, 1.165) is 26.8 Å². The summed E-state index contributed by atoms with van der Waals surface area (Å²) in [6.07, 6.45) is -0.397. The van der Waals surface area contributed by atoms with Gasteiger partial charge in [0.15, 0.2) is 0 Å². The molecule has 0 aliphatic heterocycles. The van der Waals surface area contributed by atoms with Crippen LogP contribution in [-0.4, -0.2) is 22.8 Å². The maximum Gasteiger partial charge on any atom is 0.407 e. The van der Waals surface area contributed by atoms with Crippen LogP contribution in [0.15, 0.2) is 42.5 Å². The van der Waals surface area contributed by atoms with Crippen molar-refractivity contribution in [3.05, 3.63) is 47.5 Å².